The molecule has 0 aliphatic heterocycles. The van der Waals surface area contributed by atoms with Crippen molar-refractivity contribution in [2.75, 3.05) is 0 Å². The van der Waals surface area contributed by atoms with E-state index < -0.39 is 6.10 Å². The summed E-state index contributed by atoms with van der Waals surface area (Å²) in [6, 6.07) is 8.74. The van der Waals surface area contributed by atoms with Crippen LogP contribution in [0.25, 0.3) is 0 Å². The van der Waals surface area contributed by atoms with Gasteiger partial charge in [0.25, 0.3) is 0 Å². The molecule has 1 aliphatic rings. The second-order valence-corrected chi connectivity index (χ2v) is 18.4. The van der Waals surface area contributed by atoms with Crippen LogP contribution in [0, 0.1) is 23.2 Å². The van der Waals surface area contributed by atoms with E-state index in [0.717, 1.165) is 41.5 Å². The minimum absolute atomic E-state index is 0.0287. The highest BCUT2D eigenvalue weighted by atomic mass is 16.3. The van der Waals surface area contributed by atoms with E-state index in [0.29, 0.717) is 17.4 Å². The lowest BCUT2D eigenvalue weighted by atomic mass is 9.57. The molecule has 4 atom stereocenters. The molecule has 3 rings (SSSR count). The maximum Gasteiger partial charge on any atom is 0.123 e. The highest BCUT2D eigenvalue weighted by Gasteiger charge is 2.46. The molecule has 42 heavy (non-hydrogen) atoms. The second-order valence-electron chi connectivity index (χ2n) is 18.4. The summed E-state index contributed by atoms with van der Waals surface area (Å²) < 4.78 is 0. The van der Waals surface area contributed by atoms with E-state index in [9.17, 15) is 15.3 Å². The number of phenols is 2. The second kappa shape index (κ2) is 11.2. The number of rotatable bonds is 4. The summed E-state index contributed by atoms with van der Waals surface area (Å²) in [6.07, 6.45) is 2.15. The van der Waals surface area contributed by atoms with Crippen molar-refractivity contribution in [3.05, 3.63) is 57.6 Å². The van der Waals surface area contributed by atoms with E-state index >= 15 is 0 Å². The predicted octanol–water partition coefficient (Wildman–Crippen LogP) is 9.73. The lowest BCUT2D eigenvalue weighted by Crippen LogP contribution is -2.49. The van der Waals surface area contributed by atoms with Crippen molar-refractivity contribution in [3.8, 4) is 11.5 Å². The third-order valence-electron chi connectivity index (χ3n) is 9.93. The van der Waals surface area contributed by atoms with E-state index in [4.69, 9.17) is 0 Å². The van der Waals surface area contributed by atoms with Gasteiger partial charge in [0.2, 0.25) is 0 Å². The molecule has 3 nitrogen and oxygen atoms in total. The Kier molecular flexibility index (Phi) is 9.17. The number of aliphatic hydroxyl groups is 1. The summed E-state index contributed by atoms with van der Waals surface area (Å²) in [5.74, 6) is 1.39. The quantitative estimate of drug-likeness (QED) is 0.338. The summed E-state index contributed by atoms with van der Waals surface area (Å²) in [4.78, 5) is 0. The van der Waals surface area contributed by atoms with Crippen molar-refractivity contribution in [3.63, 3.8) is 0 Å². The number of aromatic hydroxyl groups is 2. The predicted molar refractivity (Wildman–Crippen MR) is 179 cm³/mol. The molecule has 0 aromatic heterocycles. The Bertz CT molecular complexity index is 1200. The van der Waals surface area contributed by atoms with Gasteiger partial charge in [-0.2, -0.15) is 0 Å². The third-order valence-corrected chi connectivity index (χ3v) is 9.93. The monoisotopic (exact) mass is 578 g/mol. The molecule has 1 fully saturated rings. The molecule has 0 heterocycles. The Labute approximate surface area is 258 Å². The van der Waals surface area contributed by atoms with Gasteiger partial charge in [-0.15, -0.1) is 0 Å². The molecule has 0 bridgehead atoms. The smallest absolute Gasteiger partial charge is 0.123 e. The van der Waals surface area contributed by atoms with Crippen molar-refractivity contribution in [2.45, 2.75) is 151 Å². The molecule has 2 aromatic carbocycles. The van der Waals surface area contributed by atoms with Crippen LogP contribution in [-0.4, -0.2) is 21.4 Å². The minimum Gasteiger partial charge on any atom is -0.507 e. The van der Waals surface area contributed by atoms with Gasteiger partial charge >= 0.3 is 0 Å². The molecular weight excluding hydrogens is 516 g/mol. The van der Waals surface area contributed by atoms with Gasteiger partial charge in [-0.3, -0.25) is 0 Å². The van der Waals surface area contributed by atoms with Crippen LogP contribution < -0.4 is 0 Å². The van der Waals surface area contributed by atoms with Crippen molar-refractivity contribution < 1.29 is 15.3 Å². The average molecular weight is 579 g/mol. The summed E-state index contributed by atoms with van der Waals surface area (Å²) >= 11 is 0. The summed E-state index contributed by atoms with van der Waals surface area (Å²) in [5.41, 5.74) is 5.54. The van der Waals surface area contributed by atoms with E-state index in [-0.39, 0.29) is 38.9 Å². The first-order chi connectivity index (χ1) is 18.7. The maximum atomic E-state index is 12.2. The van der Waals surface area contributed by atoms with E-state index in [1.807, 2.05) is 0 Å². The minimum atomic E-state index is -0.460. The van der Waals surface area contributed by atoms with Gasteiger partial charge in [0.15, 0.2) is 0 Å². The van der Waals surface area contributed by atoms with Crippen LogP contribution in [-0.2, 0) is 34.5 Å². The molecule has 0 amide bonds. The molecule has 236 valence electrons. The number of benzene rings is 2. The first kappa shape index (κ1) is 34.5. The molecule has 3 N–H and O–H groups in total. The van der Waals surface area contributed by atoms with Crippen molar-refractivity contribution in [1.82, 2.24) is 0 Å². The maximum absolute atomic E-state index is 12.2. The lowest BCUT2D eigenvalue weighted by Gasteiger charge is -2.49. The molecular formula is C39H62O3. The molecule has 0 saturated heterocycles. The molecule has 2 aromatic rings. The van der Waals surface area contributed by atoms with E-state index in [2.05, 4.69) is 128 Å². The third kappa shape index (κ3) is 7.20. The number of hydrogen-bond acceptors (Lipinski definition) is 3. The number of aliphatic hydroxyl groups excluding tert-OH is 1. The Balaban J connectivity index is 2.07. The summed E-state index contributed by atoms with van der Waals surface area (Å²) in [5, 5.41) is 34.8. The number of phenolic OH excluding ortho intramolecular Hbond substituents is 2. The zero-order valence-electron chi connectivity index (χ0n) is 29.6. The average Bonchev–Trinajstić information content (AvgIpc) is 2.77. The fourth-order valence-electron chi connectivity index (χ4n) is 7.39. The van der Waals surface area contributed by atoms with Crippen molar-refractivity contribution in [2.24, 2.45) is 23.2 Å². The van der Waals surface area contributed by atoms with Gasteiger partial charge < -0.3 is 15.3 Å². The summed E-state index contributed by atoms with van der Waals surface area (Å²) in [6.45, 7) is 32.8. The largest absolute Gasteiger partial charge is 0.507 e. The molecule has 4 unspecified atom stereocenters. The first-order valence-electron chi connectivity index (χ1n) is 16.2. The standard InChI is InChI=1S/C39H62O3/c1-23-22-39(14,15)31(21-25-19-29(37(8,9)10)34(42)30(20-25)38(11,12)13)32(40)26(23)16-24-17-27(35(2,3)4)33(41)28(18-24)36(5,6)7/h17-20,23,26,31-32,40-42H,16,21-22H2,1-15H3. The van der Waals surface area contributed by atoms with Crippen LogP contribution in [0.3, 0.4) is 0 Å². The molecule has 3 heteroatoms. The Morgan fingerprint density at radius 1 is 0.619 bits per heavy atom. The zero-order chi connectivity index (χ0) is 32.4. The molecule has 0 spiro atoms. The van der Waals surface area contributed by atoms with Gasteiger partial charge in [-0.05, 0) is 97.5 Å². The van der Waals surface area contributed by atoms with Crippen LogP contribution in [0.2, 0.25) is 0 Å². The van der Waals surface area contributed by atoms with Crippen molar-refractivity contribution in [1.29, 1.82) is 0 Å². The van der Waals surface area contributed by atoms with Gasteiger partial charge in [-0.1, -0.05) is 128 Å². The van der Waals surface area contributed by atoms with Crippen LogP contribution in [0.5, 0.6) is 11.5 Å². The van der Waals surface area contributed by atoms with Gasteiger partial charge in [-0.25, -0.2) is 0 Å². The Morgan fingerprint density at radius 3 is 1.24 bits per heavy atom. The molecule has 1 aliphatic carbocycles. The normalized spacial score (nSPS) is 23.7. The van der Waals surface area contributed by atoms with Crippen LogP contribution >= 0.6 is 0 Å². The topological polar surface area (TPSA) is 60.7 Å². The van der Waals surface area contributed by atoms with Gasteiger partial charge in [0, 0.05) is 0 Å². The van der Waals surface area contributed by atoms with E-state index in [1.54, 1.807) is 0 Å². The van der Waals surface area contributed by atoms with Crippen LogP contribution in [0.4, 0.5) is 0 Å². The Morgan fingerprint density at radius 2 is 0.929 bits per heavy atom. The highest BCUT2D eigenvalue weighted by Crippen LogP contribution is 2.50. The molecule has 1 saturated carbocycles. The lowest BCUT2D eigenvalue weighted by molar-refractivity contribution is -0.0754. The molecule has 0 radical (unpaired) electrons. The zero-order valence-corrected chi connectivity index (χ0v) is 29.6. The Hall–Kier alpha value is -2.00. The SMILES string of the molecule is CC1CC(C)(C)C(Cc2cc(C(C)(C)C)c(O)c(C(C)(C)C)c2)C(O)C1Cc1cc(C(C)(C)C)c(O)c(C(C)(C)C)c1. The van der Waals surface area contributed by atoms with Crippen LogP contribution in [0.15, 0.2) is 24.3 Å². The van der Waals surface area contributed by atoms with Gasteiger partial charge in [0.1, 0.15) is 11.5 Å². The summed E-state index contributed by atoms with van der Waals surface area (Å²) in [7, 11) is 0. The van der Waals surface area contributed by atoms with Gasteiger partial charge in [0.05, 0.1) is 6.10 Å². The van der Waals surface area contributed by atoms with Crippen LogP contribution in [0.1, 0.15) is 144 Å². The number of hydrogen-bond donors (Lipinski definition) is 3. The highest BCUT2D eigenvalue weighted by molar-refractivity contribution is 5.51. The van der Waals surface area contributed by atoms with E-state index in [1.165, 1.54) is 11.1 Å². The first-order valence-corrected chi connectivity index (χ1v) is 16.2. The fraction of sp³-hybridized carbons (Fsp3) is 0.692. The fourth-order valence-corrected chi connectivity index (χ4v) is 7.39. The van der Waals surface area contributed by atoms with Crippen molar-refractivity contribution >= 4 is 0 Å².